The summed E-state index contributed by atoms with van der Waals surface area (Å²) >= 11 is 0. The number of benzene rings is 2. The molecule has 10 heteroatoms. The van der Waals surface area contributed by atoms with Crippen LogP contribution in [0.5, 0.6) is 0 Å². The Morgan fingerprint density at radius 3 is 2.14 bits per heavy atom. The first kappa shape index (κ1) is 27.0. The van der Waals surface area contributed by atoms with Crippen LogP contribution in [0.15, 0.2) is 42.5 Å². The van der Waals surface area contributed by atoms with Crippen LogP contribution >= 0.6 is 0 Å². The Balaban J connectivity index is 1.76. The van der Waals surface area contributed by atoms with Crippen molar-refractivity contribution < 1.29 is 26.3 Å². The van der Waals surface area contributed by atoms with E-state index in [0.29, 0.717) is 19.5 Å². The molecule has 0 N–H and O–H groups in total. The molecular formula is C27H30F6N4. The molecule has 0 atom stereocenters. The van der Waals surface area contributed by atoms with Crippen molar-refractivity contribution in [1.29, 1.82) is 0 Å². The molecule has 0 fully saturated rings. The molecule has 0 bridgehead atoms. The normalized spacial score (nSPS) is 14.4. The minimum atomic E-state index is -4.74. The molecule has 1 aromatic heterocycles. The number of halogens is 6. The van der Waals surface area contributed by atoms with Gasteiger partial charge in [-0.1, -0.05) is 48.0 Å². The molecule has 1 aliphatic rings. The monoisotopic (exact) mass is 524 g/mol. The SMILES string of the molecule is Cc1cc(C)c(N2CCCn3c2nc(C(F)(F)F)c3CN(CCC(F)(F)F)Cc2ccccc2)c(C)c1. The van der Waals surface area contributed by atoms with Gasteiger partial charge in [0.05, 0.1) is 12.1 Å². The maximum absolute atomic E-state index is 14.2. The molecule has 0 unspecified atom stereocenters. The van der Waals surface area contributed by atoms with Crippen LogP contribution in [-0.4, -0.2) is 33.7 Å². The van der Waals surface area contributed by atoms with Crippen LogP contribution in [0, 0.1) is 20.8 Å². The summed E-state index contributed by atoms with van der Waals surface area (Å²) in [5, 5.41) is 0. The predicted octanol–water partition coefficient (Wildman–Crippen LogP) is 7.32. The molecule has 2 aromatic carbocycles. The fourth-order valence-corrected chi connectivity index (χ4v) is 5.15. The maximum Gasteiger partial charge on any atom is 0.435 e. The summed E-state index contributed by atoms with van der Waals surface area (Å²) in [6.45, 7) is 5.98. The highest BCUT2D eigenvalue weighted by Crippen LogP contribution is 2.40. The van der Waals surface area contributed by atoms with Gasteiger partial charge in [-0.25, -0.2) is 4.98 Å². The van der Waals surface area contributed by atoms with Crippen LogP contribution in [0.4, 0.5) is 38.0 Å². The lowest BCUT2D eigenvalue weighted by Crippen LogP contribution is -2.32. The van der Waals surface area contributed by atoms with Gasteiger partial charge < -0.3 is 9.47 Å². The number of hydrogen-bond acceptors (Lipinski definition) is 3. The second-order valence-electron chi connectivity index (χ2n) is 9.67. The largest absolute Gasteiger partial charge is 0.435 e. The number of anilines is 2. The first-order valence-corrected chi connectivity index (χ1v) is 12.2. The van der Waals surface area contributed by atoms with Gasteiger partial charge in [0.15, 0.2) is 5.69 Å². The molecule has 200 valence electrons. The van der Waals surface area contributed by atoms with E-state index in [1.165, 1.54) is 9.47 Å². The minimum absolute atomic E-state index is 0.0919. The fourth-order valence-electron chi connectivity index (χ4n) is 5.15. The van der Waals surface area contributed by atoms with E-state index < -0.39 is 31.0 Å². The Morgan fingerprint density at radius 2 is 1.54 bits per heavy atom. The topological polar surface area (TPSA) is 24.3 Å². The Bertz CT molecular complexity index is 1210. The van der Waals surface area contributed by atoms with Crippen LogP contribution in [-0.2, 0) is 25.8 Å². The average Bonchev–Trinajstić information content (AvgIpc) is 3.17. The first-order valence-electron chi connectivity index (χ1n) is 12.2. The van der Waals surface area contributed by atoms with E-state index in [4.69, 9.17) is 0 Å². The number of hydrogen-bond donors (Lipinski definition) is 0. The summed E-state index contributed by atoms with van der Waals surface area (Å²) in [7, 11) is 0. The van der Waals surface area contributed by atoms with Crippen LogP contribution in [0.25, 0.3) is 0 Å². The standard InChI is InChI=1S/C27H30F6N4/c1-18-14-19(2)23(20(3)15-18)37-12-7-11-36-22(24(27(31,32)33)34-25(36)37)17-35(13-10-26(28,29)30)16-21-8-5-4-6-9-21/h4-6,8-9,14-15H,7,10-13,16-17H2,1-3H3. The molecule has 0 amide bonds. The van der Waals surface area contributed by atoms with Crippen molar-refractivity contribution in [3.05, 3.63) is 76.1 Å². The Labute approximate surface area is 212 Å². The summed E-state index contributed by atoms with van der Waals surface area (Å²) in [6, 6.07) is 12.8. The van der Waals surface area contributed by atoms with Crippen LogP contribution in [0.3, 0.4) is 0 Å². The molecule has 2 heterocycles. The van der Waals surface area contributed by atoms with Gasteiger partial charge in [-0.3, -0.25) is 4.90 Å². The number of rotatable bonds is 7. The number of aromatic nitrogens is 2. The first-order chi connectivity index (χ1) is 17.3. The zero-order chi connectivity index (χ0) is 27.0. The zero-order valence-corrected chi connectivity index (χ0v) is 21.0. The van der Waals surface area contributed by atoms with Crippen LogP contribution in [0.2, 0.25) is 0 Å². The third-order valence-corrected chi connectivity index (χ3v) is 6.56. The smallest absolute Gasteiger partial charge is 0.312 e. The second kappa shape index (κ2) is 10.4. The molecule has 37 heavy (non-hydrogen) atoms. The van der Waals surface area contributed by atoms with Crippen molar-refractivity contribution in [2.24, 2.45) is 0 Å². The lowest BCUT2D eigenvalue weighted by Gasteiger charge is -2.33. The predicted molar refractivity (Wildman–Crippen MR) is 131 cm³/mol. The van der Waals surface area contributed by atoms with E-state index in [9.17, 15) is 26.3 Å². The van der Waals surface area contributed by atoms with Crippen molar-refractivity contribution in [3.8, 4) is 0 Å². The molecule has 0 spiro atoms. The minimum Gasteiger partial charge on any atom is -0.312 e. The van der Waals surface area contributed by atoms with E-state index in [1.807, 2.05) is 37.8 Å². The van der Waals surface area contributed by atoms with Gasteiger partial charge in [0.25, 0.3) is 0 Å². The van der Waals surface area contributed by atoms with Gasteiger partial charge in [-0.2, -0.15) is 26.3 Å². The van der Waals surface area contributed by atoms with Crippen molar-refractivity contribution >= 4 is 11.6 Å². The summed E-state index contributed by atoms with van der Waals surface area (Å²) in [4.78, 5) is 7.30. The molecule has 4 nitrogen and oxygen atoms in total. The van der Waals surface area contributed by atoms with Gasteiger partial charge in [0.1, 0.15) is 0 Å². The van der Waals surface area contributed by atoms with Crippen molar-refractivity contribution in [1.82, 2.24) is 14.5 Å². The fraction of sp³-hybridized carbons (Fsp3) is 0.444. The second-order valence-corrected chi connectivity index (χ2v) is 9.67. The summed E-state index contributed by atoms with van der Waals surface area (Å²) in [5.41, 5.74) is 3.31. The molecule has 0 saturated heterocycles. The molecule has 1 aliphatic heterocycles. The van der Waals surface area contributed by atoms with Crippen molar-refractivity contribution in [2.45, 2.75) is 65.6 Å². The summed E-state index contributed by atoms with van der Waals surface area (Å²) in [6.07, 6.45) is -9.70. The van der Waals surface area contributed by atoms with Gasteiger partial charge in [0.2, 0.25) is 5.95 Å². The lowest BCUT2D eigenvalue weighted by atomic mass is 10.0. The van der Waals surface area contributed by atoms with Crippen molar-refractivity contribution in [3.63, 3.8) is 0 Å². The van der Waals surface area contributed by atoms with E-state index in [0.717, 1.165) is 27.9 Å². The highest BCUT2D eigenvalue weighted by molar-refractivity contribution is 5.68. The maximum atomic E-state index is 14.2. The van der Waals surface area contributed by atoms with Crippen LogP contribution < -0.4 is 4.90 Å². The molecule has 0 saturated carbocycles. The highest BCUT2D eigenvalue weighted by Gasteiger charge is 2.41. The van der Waals surface area contributed by atoms with E-state index in [1.54, 1.807) is 30.3 Å². The Kier molecular flexibility index (Phi) is 7.60. The summed E-state index contributed by atoms with van der Waals surface area (Å²) < 4.78 is 83.5. The van der Waals surface area contributed by atoms with Gasteiger partial charge in [0, 0.05) is 38.4 Å². The lowest BCUT2D eigenvalue weighted by molar-refractivity contribution is -0.143. The summed E-state index contributed by atoms with van der Waals surface area (Å²) in [5.74, 6) is 0.180. The van der Waals surface area contributed by atoms with Crippen LogP contribution in [0.1, 0.15) is 46.5 Å². The quantitative estimate of drug-likeness (QED) is 0.303. The van der Waals surface area contributed by atoms with E-state index in [2.05, 4.69) is 4.98 Å². The molecular weight excluding hydrogens is 494 g/mol. The van der Waals surface area contributed by atoms with Gasteiger partial charge in [-0.15, -0.1) is 0 Å². The van der Waals surface area contributed by atoms with Gasteiger partial charge in [-0.05, 0) is 43.9 Å². The van der Waals surface area contributed by atoms with E-state index in [-0.39, 0.29) is 24.7 Å². The average molecular weight is 525 g/mol. The molecule has 3 aromatic rings. The molecule has 4 rings (SSSR count). The third kappa shape index (κ3) is 6.29. The van der Waals surface area contributed by atoms with E-state index >= 15 is 0 Å². The zero-order valence-electron chi connectivity index (χ0n) is 21.0. The Morgan fingerprint density at radius 1 is 0.892 bits per heavy atom. The third-order valence-electron chi connectivity index (χ3n) is 6.56. The number of nitrogens with zero attached hydrogens (tertiary/aromatic N) is 4. The van der Waals surface area contributed by atoms with Gasteiger partial charge >= 0.3 is 12.4 Å². The highest BCUT2D eigenvalue weighted by atomic mass is 19.4. The Hall–Kier alpha value is -3.01. The number of imidazole rings is 1. The molecule has 0 aliphatic carbocycles. The number of aryl methyl sites for hydroxylation is 3. The number of alkyl halides is 6. The number of fused-ring (bicyclic) bond motifs is 1. The van der Waals surface area contributed by atoms with Crippen molar-refractivity contribution in [2.75, 3.05) is 18.0 Å². The molecule has 0 radical (unpaired) electrons.